The summed E-state index contributed by atoms with van der Waals surface area (Å²) < 4.78 is 0. The van der Waals surface area contributed by atoms with E-state index in [1.165, 1.54) is 27.6 Å². The summed E-state index contributed by atoms with van der Waals surface area (Å²) >= 11 is 0. The third-order valence-electron chi connectivity index (χ3n) is 7.52. The number of anilines is 2. The minimum Gasteiger partial charge on any atom is -0.478 e. The molecule has 1 aliphatic rings. The predicted molar refractivity (Wildman–Crippen MR) is 148 cm³/mol. The number of carboxylic acid groups (broad SMARTS) is 1. The summed E-state index contributed by atoms with van der Waals surface area (Å²) in [6, 6.07) is 29.7. The van der Waals surface area contributed by atoms with E-state index in [-0.39, 0.29) is 0 Å². The summed E-state index contributed by atoms with van der Waals surface area (Å²) in [4.78, 5) is 14.1. The molecular weight excluding hydrogens is 444 g/mol. The van der Waals surface area contributed by atoms with Crippen LogP contribution in [0, 0.1) is 12.8 Å². The Morgan fingerprint density at radius 1 is 1.03 bits per heavy atom. The van der Waals surface area contributed by atoms with Gasteiger partial charge in [-0.1, -0.05) is 66.7 Å². The van der Waals surface area contributed by atoms with Crippen molar-refractivity contribution in [2.75, 3.05) is 18.0 Å². The first-order valence-electron chi connectivity index (χ1n) is 12.9. The molecular formula is C32H34N2O2. The fourth-order valence-corrected chi connectivity index (χ4v) is 5.57. The fourth-order valence-electron chi connectivity index (χ4n) is 5.57. The summed E-state index contributed by atoms with van der Waals surface area (Å²) in [6.07, 6.45) is 3.28. The van der Waals surface area contributed by atoms with Gasteiger partial charge in [0.1, 0.15) is 0 Å². The molecule has 4 aromatic rings. The highest BCUT2D eigenvalue weighted by molar-refractivity contribution is 5.91. The summed E-state index contributed by atoms with van der Waals surface area (Å²) in [5.41, 5.74) is 6.00. The molecule has 0 saturated heterocycles. The van der Waals surface area contributed by atoms with Crippen LogP contribution in [0.4, 0.5) is 11.4 Å². The Hall–Kier alpha value is -3.63. The predicted octanol–water partition coefficient (Wildman–Crippen LogP) is 7.29. The largest absolute Gasteiger partial charge is 0.478 e. The maximum atomic E-state index is 11.7. The van der Waals surface area contributed by atoms with E-state index in [4.69, 9.17) is 0 Å². The van der Waals surface area contributed by atoms with E-state index in [0.717, 1.165) is 43.6 Å². The molecule has 0 saturated carbocycles. The van der Waals surface area contributed by atoms with Crippen molar-refractivity contribution < 1.29 is 9.90 Å². The molecule has 2 unspecified atom stereocenters. The number of benzene rings is 4. The number of fused-ring (bicyclic) bond motifs is 2. The Morgan fingerprint density at radius 2 is 1.81 bits per heavy atom. The van der Waals surface area contributed by atoms with Gasteiger partial charge in [0, 0.05) is 24.0 Å². The number of aromatic carboxylic acids is 1. The number of carbonyl (C=O) groups is 1. The smallest absolute Gasteiger partial charge is 0.336 e. The van der Waals surface area contributed by atoms with Gasteiger partial charge < -0.3 is 15.3 Å². The van der Waals surface area contributed by atoms with Crippen molar-refractivity contribution >= 4 is 28.1 Å². The highest BCUT2D eigenvalue weighted by Gasteiger charge is 2.26. The third kappa shape index (κ3) is 5.00. The van der Waals surface area contributed by atoms with Crippen LogP contribution >= 0.6 is 0 Å². The van der Waals surface area contributed by atoms with E-state index in [9.17, 15) is 9.90 Å². The Bertz CT molecular complexity index is 1370. The molecule has 4 nitrogen and oxygen atoms in total. The number of nitrogens with one attached hydrogen (secondary N) is 1. The van der Waals surface area contributed by atoms with Crippen molar-refractivity contribution in [1.82, 2.24) is 5.32 Å². The Labute approximate surface area is 213 Å². The minimum absolute atomic E-state index is 0.293. The number of carboxylic acids is 1. The molecule has 0 aliphatic carbocycles. The first kappa shape index (κ1) is 24.1. The molecule has 2 N–H and O–H groups in total. The van der Waals surface area contributed by atoms with Crippen molar-refractivity contribution in [3.8, 4) is 0 Å². The lowest BCUT2D eigenvalue weighted by Crippen LogP contribution is -2.32. The van der Waals surface area contributed by atoms with Gasteiger partial charge >= 0.3 is 5.97 Å². The maximum absolute atomic E-state index is 11.7. The number of rotatable bonds is 8. The minimum atomic E-state index is -0.873. The Balaban J connectivity index is 1.25. The highest BCUT2D eigenvalue weighted by Crippen LogP contribution is 2.37. The number of para-hydroxylation sites is 1. The Kier molecular flexibility index (Phi) is 7.06. The molecule has 0 fully saturated rings. The van der Waals surface area contributed by atoms with Gasteiger partial charge in [0.05, 0.1) is 5.56 Å². The van der Waals surface area contributed by atoms with E-state index >= 15 is 0 Å². The number of aryl methyl sites for hydroxylation is 1. The average molecular weight is 479 g/mol. The van der Waals surface area contributed by atoms with Crippen LogP contribution in [0.2, 0.25) is 0 Å². The lowest BCUT2D eigenvalue weighted by atomic mass is 9.88. The van der Waals surface area contributed by atoms with Gasteiger partial charge in [-0.2, -0.15) is 0 Å². The van der Waals surface area contributed by atoms with Gasteiger partial charge in [-0.15, -0.1) is 0 Å². The lowest BCUT2D eigenvalue weighted by molar-refractivity contribution is 0.0696. The number of hydrogen-bond donors (Lipinski definition) is 2. The molecule has 0 radical (unpaired) electrons. The molecule has 1 aliphatic heterocycles. The van der Waals surface area contributed by atoms with Crippen LogP contribution < -0.4 is 10.2 Å². The first-order chi connectivity index (χ1) is 17.5. The average Bonchev–Trinajstić information content (AvgIpc) is 2.90. The summed E-state index contributed by atoms with van der Waals surface area (Å²) in [7, 11) is 0. The molecule has 2 atom stereocenters. The normalized spacial score (nSPS) is 16.1. The van der Waals surface area contributed by atoms with Gasteiger partial charge in [-0.3, -0.25) is 0 Å². The van der Waals surface area contributed by atoms with Gasteiger partial charge in [-0.05, 0) is 91.2 Å². The van der Waals surface area contributed by atoms with Crippen molar-refractivity contribution in [2.24, 2.45) is 5.92 Å². The second-order valence-corrected chi connectivity index (χ2v) is 10.0. The zero-order valence-electron chi connectivity index (χ0n) is 21.1. The molecule has 36 heavy (non-hydrogen) atoms. The Morgan fingerprint density at radius 3 is 2.67 bits per heavy atom. The summed E-state index contributed by atoms with van der Waals surface area (Å²) in [5.74, 6) is -0.355. The lowest BCUT2D eigenvalue weighted by Gasteiger charge is -2.36. The zero-order chi connectivity index (χ0) is 25.1. The van der Waals surface area contributed by atoms with Crippen molar-refractivity contribution in [3.05, 3.63) is 107 Å². The van der Waals surface area contributed by atoms with Crippen molar-refractivity contribution in [2.45, 2.75) is 39.2 Å². The third-order valence-corrected chi connectivity index (χ3v) is 7.52. The van der Waals surface area contributed by atoms with Gasteiger partial charge in [-0.25, -0.2) is 4.79 Å². The van der Waals surface area contributed by atoms with Crippen LogP contribution in [0.15, 0.2) is 84.9 Å². The van der Waals surface area contributed by atoms with Crippen molar-refractivity contribution in [1.29, 1.82) is 0 Å². The molecule has 5 rings (SSSR count). The van der Waals surface area contributed by atoms with E-state index in [0.29, 0.717) is 17.5 Å². The van der Waals surface area contributed by atoms with Crippen LogP contribution in [0.3, 0.4) is 0 Å². The molecule has 184 valence electrons. The van der Waals surface area contributed by atoms with Crippen LogP contribution in [0.5, 0.6) is 0 Å². The van der Waals surface area contributed by atoms with E-state index in [1.807, 2.05) is 25.1 Å². The molecule has 0 spiro atoms. The van der Waals surface area contributed by atoms with E-state index in [2.05, 4.69) is 83.9 Å². The second-order valence-electron chi connectivity index (χ2n) is 10.0. The molecule has 4 aromatic carbocycles. The number of nitrogens with zero attached hydrogens (tertiary/aromatic N) is 1. The van der Waals surface area contributed by atoms with Crippen LogP contribution in [-0.4, -0.2) is 24.2 Å². The van der Waals surface area contributed by atoms with Gasteiger partial charge in [0.25, 0.3) is 0 Å². The molecule has 0 aromatic heterocycles. The van der Waals surface area contributed by atoms with E-state index < -0.39 is 5.97 Å². The van der Waals surface area contributed by atoms with Crippen molar-refractivity contribution in [3.63, 3.8) is 0 Å². The fraction of sp³-hybridized carbons (Fsp3) is 0.281. The van der Waals surface area contributed by atoms with Gasteiger partial charge in [0.2, 0.25) is 0 Å². The summed E-state index contributed by atoms with van der Waals surface area (Å²) in [6.45, 7) is 5.97. The van der Waals surface area contributed by atoms with Crippen LogP contribution in [0.1, 0.15) is 52.9 Å². The molecule has 4 heteroatoms. The second kappa shape index (κ2) is 10.5. The first-order valence-corrected chi connectivity index (χ1v) is 12.9. The molecule has 0 amide bonds. The topological polar surface area (TPSA) is 52.6 Å². The van der Waals surface area contributed by atoms with E-state index in [1.54, 1.807) is 0 Å². The van der Waals surface area contributed by atoms with Crippen LogP contribution in [0.25, 0.3) is 10.8 Å². The van der Waals surface area contributed by atoms with Gasteiger partial charge in [0.15, 0.2) is 0 Å². The maximum Gasteiger partial charge on any atom is 0.336 e. The molecule has 0 bridgehead atoms. The summed E-state index contributed by atoms with van der Waals surface area (Å²) in [5, 5.41) is 16.0. The number of hydrogen-bond acceptors (Lipinski definition) is 3. The zero-order valence-corrected chi connectivity index (χ0v) is 21.1. The van der Waals surface area contributed by atoms with Crippen LogP contribution in [-0.2, 0) is 6.42 Å². The molecule has 1 heterocycles. The standard InChI is InChI=1S/C32H34N2O2/c1-22-16-17-27(20-30(22)32(35)36)34-21-24(19-26-11-4-6-15-31(26)34)9-8-18-33-23(2)28-14-7-12-25-10-3-5-13-29(25)28/h3-7,10-17,20,23-24,33H,8-9,18-19,21H2,1-2H3,(H,35,36). The highest BCUT2D eigenvalue weighted by atomic mass is 16.4. The SMILES string of the molecule is Cc1ccc(N2CC(CCCNC(C)c3cccc4ccccc34)Cc3ccccc32)cc1C(=O)O. The quantitative estimate of drug-likeness (QED) is 0.261. The monoisotopic (exact) mass is 478 g/mol.